The van der Waals surface area contributed by atoms with E-state index in [9.17, 15) is 14.9 Å². The van der Waals surface area contributed by atoms with Gasteiger partial charge in [0.05, 0.1) is 10.6 Å². The molecule has 0 radical (unpaired) electrons. The van der Waals surface area contributed by atoms with E-state index in [1.54, 1.807) is 30.3 Å². The Balaban J connectivity index is 2.12. The zero-order valence-corrected chi connectivity index (χ0v) is 14.1. The number of hydrogen-bond donors (Lipinski definition) is 0. The lowest BCUT2D eigenvalue weighted by atomic mass is 9.92. The number of hydrogen-bond acceptors (Lipinski definition) is 6. The third kappa shape index (κ3) is 3.84. The van der Waals surface area contributed by atoms with Gasteiger partial charge in [0.1, 0.15) is 0 Å². The van der Waals surface area contributed by atoms with Gasteiger partial charge in [-0.05, 0) is 12.1 Å². The Kier molecular flexibility index (Phi) is 5.25. The summed E-state index contributed by atoms with van der Waals surface area (Å²) in [7, 11) is 0. The van der Waals surface area contributed by atoms with Crippen molar-refractivity contribution in [2.45, 2.75) is 5.66 Å². The van der Waals surface area contributed by atoms with E-state index in [4.69, 9.17) is 0 Å². The highest BCUT2D eigenvalue weighted by Crippen LogP contribution is 2.36. The molecule has 0 bridgehead atoms. The van der Waals surface area contributed by atoms with E-state index in [1.165, 1.54) is 24.3 Å². The Morgan fingerprint density at radius 2 is 1.33 bits per heavy atom. The van der Waals surface area contributed by atoms with Crippen LogP contribution >= 0.6 is 0 Å². The fourth-order valence-electron chi connectivity index (χ4n) is 2.61. The first-order valence-electron chi connectivity index (χ1n) is 8.03. The van der Waals surface area contributed by atoms with Crippen molar-refractivity contribution >= 4 is 17.5 Å². The third-order valence-electron chi connectivity index (χ3n) is 3.93. The maximum Gasteiger partial charge on any atom is 0.269 e. The molecule has 27 heavy (non-hydrogen) atoms. The molecular formula is C20H14N4O3. The predicted molar refractivity (Wildman–Crippen MR) is 99.4 cm³/mol. The van der Waals surface area contributed by atoms with Crippen LogP contribution in [0, 0.1) is 10.1 Å². The average molecular weight is 358 g/mol. The SMILES string of the molecule is O=C=NC(N=Nc1ccc([N+](=O)[O-])cc1)(c1ccccc1)c1ccccc1. The maximum absolute atomic E-state index is 11.2. The molecule has 3 rings (SSSR count). The first kappa shape index (κ1) is 17.8. The lowest BCUT2D eigenvalue weighted by Gasteiger charge is -2.23. The Bertz CT molecular complexity index is 957. The molecule has 7 nitrogen and oxygen atoms in total. The molecule has 0 atom stereocenters. The molecule has 0 heterocycles. The molecule has 0 aliphatic heterocycles. The molecule has 0 saturated carbocycles. The quantitative estimate of drug-likeness (QED) is 0.206. The van der Waals surface area contributed by atoms with E-state index in [2.05, 4.69) is 15.2 Å². The van der Waals surface area contributed by atoms with E-state index < -0.39 is 10.6 Å². The highest BCUT2D eigenvalue weighted by atomic mass is 16.6. The molecule has 0 saturated heterocycles. The van der Waals surface area contributed by atoms with Crippen LogP contribution in [0.4, 0.5) is 11.4 Å². The van der Waals surface area contributed by atoms with Gasteiger partial charge in [-0.3, -0.25) is 10.1 Å². The van der Waals surface area contributed by atoms with Crippen LogP contribution in [0.25, 0.3) is 0 Å². The van der Waals surface area contributed by atoms with Gasteiger partial charge in [-0.25, -0.2) is 4.79 Å². The summed E-state index contributed by atoms with van der Waals surface area (Å²) >= 11 is 0. The van der Waals surface area contributed by atoms with Crippen LogP contribution in [-0.4, -0.2) is 11.0 Å². The molecule has 7 heteroatoms. The van der Waals surface area contributed by atoms with Gasteiger partial charge < -0.3 is 0 Å². The van der Waals surface area contributed by atoms with Crippen LogP contribution < -0.4 is 0 Å². The maximum atomic E-state index is 11.2. The molecule has 0 N–H and O–H groups in total. The van der Waals surface area contributed by atoms with Gasteiger partial charge in [0.15, 0.2) is 0 Å². The Morgan fingerprint density at radius 3 is 1.78 bits per heavy atom. The average Bonchev–Trinajstić information content (AvgIpc) is 2.73. The first-order valence-corrected chi connectivity index (χ1v) is 8.03. The zero-order valence-electron chi connectivity index (χ0n) is 14.1. The Morgan fingerprint density at radius 1 is 0.815 bits per heavy atom. The Labute approximate surface area is 154 Å². The van der Waals surface area contributed by atoms with Crippen molar-refractivity contribution in [3.63, 3.8) is 0 Å². The number of carbonyl (C=O) groups excluding carboxylic acids is 1. The van der Waals surface area contributed by atoms with Crippen molar-refractivity contribution in [2.24, 2.45) is 15.2 Å². The van der Waals surface area contributed by atoms with Crippen molar-refractivity contribution in [2.75, 3.05) is 0 Å². The predicted octanol–water partition coefficient (Wildman–Crippen LogP) is 4.92. The van der Waals surface area contributed by atoms with Gasteiger partial charge in [-0.1, -0.05) is 60.7 Å². The number of nitrogens with zero attached hydrogens (tertiary/aromatic N) is 4. The molecule has 3 aromatic carbocycles. The topological polar surface area (TPSA) is 97.3 Å². The molecule has 0 aromatic heterocycles. The number of azo groups is 1. The van der Waals surface area contributed by atoms with Gasteiger partial charge in [-0.15, -0.1) is 5.11 Å². The van der Waals surface area contributed by atoms with Crippen molar-refractivity contribution < 1.29 is 9.72 Å². The van der Waals surface area contributed by atoms with Crippen LogP contribution in [-0.2, 0) is 10.5 Å². The third-order valence-corrected chi connectivity index (χ3v) is 3.93. The van der Waals surface area contributed by atoms with E-state index >= 15 is 0 Å². The fourth-order valence-corrected chi connectivity index (χ4v) is 2.61. The van der Waals surface area contributed by atoms with E-state index in [0.29, 0.717) is 16.8 Å². The van der Waals surface area contributed by atoms with Gasteiger partial charge in [0, 0.05) is 23.3 Å². The Hall–Kier alpha value is -3.96. The molecule has 0 amide bonds. The monoisotopic (exact) mass is 358 g/mol. The molecular weight excluding hydrogens is 344 g/mol. The first-order chi connectivity index (χ1) is 13.2. The minimum absolute atomic E-state index is 0.0442. The molecule has 3 aromatic rings. The number of isocyanates is 1. The van der Waals surface area contributed by atoms with Gasteiger partial charge in [0.25, 0.3) is 5.69 Å². The van der Waals surface area contributed by atoms with Crippen LogP contribution in [0.1, 0.15) is 11.1 Å². The van der Waals surface area contributed by atoms with E-state index in [-0.39, 0.29) is 5.69 Å². The zero-order chi connectivity index (χ0) is 19.1. The van der Waals surface area contributed by atoms with E-state index in [1.807, 2.05) is 36.4 Å². The standard InChI is InChI=1S/C20H14N4O3/c25-15-21-20(16-7-3-1-4-8-16,17-9-5-2-6-10-17)23-22-18-11-13-19(14-12-18)24(26)27/h1-14H. The summed E-state index contributed by atoms with van der Waals surface area (Å²) in [5, 5.41) is 19.3. The molecule has 0 fully saturated rings. The summed E-state index contributed by atoms with van der Waals surface area (Å²) in [5.74, 6) is 0. The fraction of sp³-hybridized carbons (Fsp3) is 0.0500. The number of aliphatic imine (C=N–C) groups is 1. The second-order valence-electron chi connectivity index (χ2n) is 5.58. The summed E-state index contributed by atoms with van der Waals surface area (Å²) in [6, 6.07) is 23.8. The highest BCUT2D eigenvalue weighted by Gasteiger charge is 2.34. The van der Waals surface area contributed by atoms with Crippen LogP contribution in [0.3, 0.4) is 0 Å². The number of non-ortho nitro benzene ring substituents is 1. The molecule has 0 spiro atoms. The number of benzene rings is 3. The molecule has 0 unspecified atom stereocenters. The van der Waals surface area contributed by atoms with Crippen molar-refractivity contribution in [3.05, 3.63) is 106 Å². The number of nitro groups is 1. The second kappa shape index (κ2) is 7.95. The van der Waals surface area contributed by atoms with Gasteiger partial charge >= 0.3 is 0 Å². The normalized spacial score (nSPS) is 11.1. The molecule has 132 valence electrons. The molecule has 0 aliphatic carbocycles. The van der Waals surface area contributed by atoms with Crippen LogP contribution in [0.2, 0.25) is 0 Å². The minimum Gasteiger partial charge on any atom is -0.258 e. The molecule has 0 aliphatic rings. The van der Waals surface area contributed by atoms with Gasteiger partial charge in [-0.2, -0.15) is 10.1 Å². The van der Waals surface area contributed by atoms with Crippen LogP contribution in [0.15, 0.2) is 100 Å². The summed E-state index contributed by atoms with van der Waals surface area (Å²) in [5.41, 5.74) is 0.247. The second-order valence-corrected chi connectivity index (χ2v) is 5.58. The lowest BCUT2D eigenvalue weighted by Crippen LogP contribution is -2.22. The van der Waals surface area contributed by atoms with E-state index in [0.717, 1.165) is 0 Å². The smallest absolute Gasteiger partial charge is 0.258 e. The lowest BCUT2D eigenvalue weighted by molar-refractivity contribution is -0.384. The van der Waals surface area contributed by atoms with Crippen LogP contribution in [0.5, 0.6) is 0 Å². The summed E-state index contributed by atoms with van der Waals surface area (Å²) in [4.78, 5) is 25.5. The minimum atomic E-state index is -1.40. The van der Waals surface area contributed by atoms with Gasteiger partial charge in [0.2, 0.25) is 11.7 Å². The van der Waals surface area contributed by atoms with Crippen molar-refractivity contribution in [1.29, 1.82) is 0 Å². The van der Waals surface area contributed by atoms with Crippen molar-refractivity contribution in [1.82, 2.24) is 0 Å². The summed E-state index contributed by atoms with van der Waals surface area (Å²) in [6.07, 6.45) is 1.60. The summed E-state index contributed by atoms with van der Waals surface area (Å²) in [6.45, 7) is 0. The number of rotatable bonds is 6. The van der Waals surface area contributed by atoms with Crippen molar-refractivity contribution in [3.8, 4) is 0 Å². The number of nitro benzene ring substituents is 1. The highest BCUT2D eigenvalue weighted by molar-refractivity contribution is 5.46. The largest absolute Gasteiger partial charge is 0.269 e. The summed E-state index contributed by atoms with van der Waals surface area (Å²) < 4.78 is 0.